The van der Waals surface area contributed by atoms with E-state index in [0.29, 0.717) is 91.7 Å². The van der Waals surface area contributed by atoms with Gasteiger partial charge in [-0.05, 0) is 60.5 Å². The van der Waals surface area contributed by atoms with E-state index in [4.69, 9.17) is 23.7 Å². The number of ketones is 8. The topological polar surface area (TPSA) is 183 Å². The zero-order chi connectivity index (χ0) is 51.9. The van der Waals surface area contributed by atoms with Crippen LogP contribution in [0.25, 0.3) is 23.0 Å². The fourth-order valence-corrected chi connectivity index (χ4v) is 10.2. The van der Waals surface area contributed by atoms with Crippen LogP contribution in [0, 0.1) is 11.3 Å². The minimum absolute atomic E-state index is 0.0658. The van der Waals surface area contributed by atoms with Gasteiger partial charge in [-0.2, -0.15) is 0 Å². The second kappa shape index (κ2) is 17.8. The summed E-state index contributed by atoms with van der Waals surface area (Å²) in [6, 6.07) is 26.7. The summed E-state index contributed by atoms with van der Waals surface area (Å²) in [5.41, 5.74) is 5.52. The number of allylic oxidation sites excluding steroid dienone is 1. The number of hydrogen-bond donors (Lipinski definition) is 0. The molecule has 2 unspecified atom stereocenters. The van der Waals surface area contributed by atoms with Gasteiger partial charge in [-0.15, -0.1) is 0 Å². The van der Waals surface area contributed by atoms with E-state index in [1.165, 1.54) is 7.11 Å². The largest absolute Gasteiger partial charge is 0.496 e. The minimum Gasteiger partial charge on any atom is -0.496 e. The number of benzene rings is 4. The number of carbonyl (C=O) groups excluding carboxylic acids is 8. The number of fused-ring (bicyclic) bond motifs is 8. The van der Waals surface area contributed by atoms with Crippen LogP contribution in [-0.2, 0) is 38.1 Å². The quantitative estimate of drug-likeness (QED) is 0.165. The Morgan fingerprint density at radius 3 is 1.57 bits per heavy atom. The average Bonchev–Trinajstić information content (AvgIpc) is 3.96. The maximum Gasteiger partial charge on any atom is 0.237 e. The van der Waals surface area contributed by atoms with Crippen LogP contribution in [0.1, 0.15) is 145 Å². The van der Waals surface area contributed by atoms with E-state index in [1.807, 2.05) is 98.7 Å². The van der Waals surface area contributed by atoms with Crippen LogP contribution in [0.2, 0.25) is 0 Å². The molecule has 0 saturated heterocycles. The number of ether oxygens (including phenoxy) is 5. The van der Waals surface area contributed by atoms with E-state index >= 15 is 0 Å². The molecule has 13 heteroatoms. The third-order valence-electron chi connectivity index (χ3n) is 14.8. The lowest BCUT2D eigenvalue weighted by molar-refractivity contribution is -0.113. The highest BCUT2D eigenvalue weighted by Gasteiger charge is 2.51. The highest BCUT2D eigenvalue weighted by Crippen LogP contribution is 2.50. The number of rotatable bonds is 1. The Morgan fingerprint density at radius 1 is 0.486 bits per heavy atom. The standard InChI is InChI=1S/3C15H14O3.C14H12O4/c1-8-15(2,3)11-13(17)12(16)9-6-4-5-7-10(9)14(11)18-8;1-8-11-13(17)12(16)9-6-4-5-7-10(9)14(11)18-15(8,2)3;1-15(2)8-7-11-13(17)12(16)9-5-3-4-6-10(9)14(11)18-15;1-7-6-9-12(15)13(16)11-8(14(9)18-7)4-3-5-10(11)17-2/h2*4-8H,1-3H3;3-6H,7-8H2,1-2H3;3-5,7H,6H2,1-2H3/t;;;7-/m...1/s1. The van der Waals surface area contributed by atoms with Crippen molar-refractivity contribution in [2.24, 2.45) is 11.3 Å². The summed E-state index contributed by atoms with van der Waals surface area (Å²) in [4.78, 5) is 96.8. The third-order valence-corrected chi connectivity index (χ3v) is 14.8. The zero-order valence-electron chi connectivity index (χ0n) is 41.8. The molecule has 368 valence electrons. The van der Waals surface area contributed by atoms with Crippen LogP contribution in [0.15, 0.2) is 113 Å². The molecule has 4 heterocycles. The molecule has 0 bridgehead atoms. The minimum atomic E-state index is -0.501. The maximum atomic E-state index is 12.2. The van der Waals surface area contributed by atoms with Crippen LogP contribution in [-0.4, -0.2) is 76.8 Å². The van der Waals surface area contributed by atoms with Crippen molar-refractivity contribution in [1.82, 2.24) is 0 Å². The fraction of sp³-hybridized carbons (Fsp3) is 0.322. The Bertz CT molecular complexity index is 3240. The van der Waals surface area contributed by atoms with Gasteiger partial charge >= 0.3 is 0 Å². The normalized spacial score (nSPS) is 23.1. The first-order chi connectivity index (χ1) is 34.0. The molecule has 72 heavy (non-hydrogen) atoms. The first-order valence-corrected chi connectivity index (χ1v) is 24.0. The van der Waals surface area contributed by atoms with Crippen molar-refractivity contribution in [1.29, 1.82) is 0 Å². The van der Waals surface area contributed by atoms with Gasteiger partial charge in [0.05, 0.1) is 23.8 Å². The van der Waals surface area contributed by atoms with Crippen molar-refractivity contribution in [3.05, 3.63) is 158 Å². The fourth-order valence-electron chi connectivity index (χ4n) is 10.2. The number of hydrogen-bond acceptors (Lipinski definition) is 13. The molecule has 0 spiro atoms. The average molecular weight is 971 g/mol. The highest BCUT2D eigenvalue weighted by atomic mass is 16.5. The van der Waals surface area contributed by atoms with Gasteiger partial charge in [-0.1, -0.05) is 106 Å². The van der Waals surface area contributed by atoms with Gasteiger partial charge < -0.3 is 23.7 Å². The Hall–Kier alpha value is -7.80. The molecular weight excluding hydrogens is 917 g/mol. The second-order valence-corrected chi connectivity index (χ2v) is 20.6. The Morgan fingerprint density at radius 2 is 0.986 bits per heavy atom. The third kappa shape index (κ3) is 7.95. The lowest BCUT2D eigenvalue weighted by Crippen LogP contribution is -2.34. The van der Waals surface area contributed by atoms with E-state index in [1.54, 1.807) is 54.6 Å². The molecule has 13 nitrogen and oxygen atoms in total. The predicted octanol–water partition coefficient (Wildman–Crippen LogP) is 9.95. The van der Waals surface area contributed by atoms with Gasteiger partial charge in [0.25, 0.3) is 0 Å². The lowest BCUT2D eigenvalue weighted by Gasteiger charge is -2.36. The molecule has 0 saturated carbocycles. The Kier molecular flexibility index (Phi) is 12.2. The molecular formula is C59H54O13. The smallest absolute Gasteiger partial charge is 0.237 e. The summed E-state index contributed by atoms with van der Waals surface area (Å²) in [6.07, 6.45) is 1.69. The first-order valence-electron chi connectivity index (χ1n) is 24.0. The van der Waals surface area contributed by atoms with Gasteiger partial charge in [0.2, 0.25) is 46.3 Å². The number of carbonyl (C=O) groups is 8. The van der Waals surface area contributed by atoms with Crippen LogP contribution in [0.3, 0.4) is 0 Å². The van der Waals surface area contributed by atoms with Gasteiger partial charge in [0.15, 0.2) is 0 Å². The van der Waals surface area contributed by atoms with E-state index in [9.17, 15) is 38.4 Å². The molecule has 12 rings (SSSR count). The monoisotopic (exact) mass is 970 g/mol. The number of Topliss-reactive ketones (excluding diaryl/α,β-unsaturated/α-hetero) is 8. The summed E-state index contributed by atoms with van der Waals surface area (Å²) in [5, 5.41) is 0. The van der Waals surface area contributed by atoms with Crippen LogP contribution < -0.4 is 4.74 Å². The second-order valence-electron chi connectivity index (χ2n) is 20.6. The Labute approximate surface area is 416 Å². The van der Waals surface area contributed by atoms with Crippen molar-refractivity contribution in [3.63, 3.8) is 0 Å². The first kappa shape index (κ1) is 49.2. The zero-order valence-corrected chi connectivity index (χ0v) is 41.8. The van der Waals surface area contributed by atoms with Crippen molar-refractivity contribution < 1.29 is 62.0 Å². The van der Waals surface area contributed by atoms with Crippen molar-refractivity contribution in [2.45, 2.75) is 105 Å². The molecule has 0 amide bonds. The molecule has 3 atom stereocenters. The van der Waals surface area contributed by atoms with Gasteiger partial charge in [-0.3, -0.25) is 38.4 Å². The summed E-state index contributed by atoms with van der Waals surface area (Å²) >= 11 is 0. The van der Waals surface area contributed by atoms with Crippen LogP contribution in [0.5, 0.6) is 5.75 Å². The maximum absolute atomic E-state index is 12.2. The predicted molar refractivity (Wildman–Crippen MR) is 266 cm³/mol. The van der Waals surface area contributed by atoms with E-state index < -0.39 is 57.3 Å². The molecule has 4 aromatic rings. The van der Waals surface area contributed by atoms with E-state index in [-0.39, 0.29) is 23.7 Å². The summed E-state index contributed by atoms with van der Waals surface area (Å²) in [5.74, 6) is -0.782. The SMILES string of the molecule is CC1(C)CCC2=C(O1)c1ccccc1C(=O)C2=O.CC1C2=C(OC1(C)C)c1ccccc1C(=O)C2=O.CC1OC2=C(C(=O)C(=O)c3ccccc32)C1(C)C.COc1cccc2c1C(=O)C(=O)C1=C2O[C@H](C)C1. The van der Waals surface area contributed by atoms with Crippen LogP contribution >= 0.6 is 0 Å². The lowest BCUT2D eigenvalue weighted by atomic mass is 9.74. The molecule has 0 aromatic heterocycles. The molecule has 8 aliphatic rings. The summed E-state index contributed by atoms with van der Waals surface area (Å²) in [6.45, 7) is 17.5. The van der Waals surface area contributed by atoms with E-state index in [2.05, 4.69) is 0 Å². The van der Waals surface area contributed by atoms with Crippen molar-refractivity contribution >= 4 is 69.3 Å². The van der Waals surface area contributed by atoms with Crippen LogP contribution in [0.4, 0.5) is 0 Å². The van der Waals surface area contributed by atoms with Gasteiger partial charge in [0, 0.05) is 67.8 Å². The Balaban J connectivity index is 0.000000119. The van der Waals surface area contributed by atoms with E-state index in [0.717, 1.165) is 23.1 Å². The summed E-state index contributed by atoms with van der Waals surface area (Å²) < 4.78 is 28.5. The molecule has 0 fully saturated rings. The van der Waals surface area contributed by atoms with Gasteiger partial charge in [-0.25, -0.2) is 0 Å². The summed E-state index contributed by atoms with van der Waals surface area (Å²) in [7, 11) is 1.48. The molecule has 4 aromatic carbocycles. The highest BCUT2D eigenvalue weighted by molar-refractivity contribution is 6.54. The molecule has 0 radical (unpaired) electrons. The van der Waals surface area contributed by atoms with Crippen molar-refractivity contribution in [3.8, 4) is 5.75 Å². The number of methoxy groups -OCH3 is 1. The molecule has 4 aliphatic heterocycles. The molecule has 4 aliphatic carbocycles. The van der Waals surface area contributed by atoms with Gasteiger partial charge in [0.1, 0.15) is 52.2 Å². The molecule has 0 N–H and O–H groups in total. The van der Waals surface area contributed by atoms with Crippen molar-refractivity contribution in [2.75, 3.05) is 7.11 Å².